The summed E-state index contributed by atoms with van der Waals surface area (Å²) in [7, 11) is 4.42. The van der Waals surface area contributed by atoms with Crippen molar-refractivity contribution in [3.8, 4) is 23.3 Å². The number of methoxy groups -OCH3 is 3. The second-order valence-corrected chi connectivity index (χ2v) is 8.47. The minimum atomic E-state index is -0.791. The monoisotopic (exact) mass is 508 g/mol. The standard InChI is InChI=1S/C26H32N6O5/c1-16(2)17-6-8-18(9-7-17)20(14-27)29-26(34)21-15-32(31-30-21)13-12-28-25(33)19-10-11-22(35-3)24(37-5)23(19)36-4/h6-11,15-16,20,30-31H,12-13H2,1-5H3,(H,28,33)(H,29,34). The van der Waals surface area contributed by atoms with E-state index in [1.807, 2.05) is 24.3 Å². The third kappa shape index (κ3) is 6.42. The van der Waals surface area contributed by atoms with Crippen LogP contribution in [0.4, 0.5) is 0 Å². The SMILES string of the molecule is COc1ccc(C(=O)NCCN2C=C(C(=O)NC(C#N)c3ccc(C(C)C)cc3)NN2)c(OC)c1OC. The lowest BCUT2D eigenvalue weighted by Crippen LogP contribution is -2.42. The molecule has 0 aliphatic carbocycles. The van der Waals surface area contributed by atoms with Crippen LogP contribution in [-0.2, 0) is 4.79 Å². The van der Waals surface area contributed by atoms with Gasteiger partial charge in [0.2, 0.25) is 5.75 Å². The molecule has 0 saturated heterocycles. The van der Waals surface area contributed by atoms with Gasteiger partial charge in [0.15, 0.2) is 11.5 Å². The van der Waals surface area contributed by atoms with Crippen LogP contribution in [0.15, 0.2) is 48.3 Å². The Labute approximate surface area is 216 Å². The van der Waals surface area contributed by atoms with E-state index in [1.165, 1.54) is 21.3 Å². The van der Waals surface area contributed by atoms with Crippen LogP contribution in [0.1, 0.15) is 47.3 Å². The summed E-state index contributed by atoms with van der Waals surface area (Å²) in [5.74, 6) is 0.629. The Kier molecular flexibility index (Phi) is 9.18. The highest BCUT2D eigenvalue weighted by Crippen LogP contribution is 2.39. The Hall–Kier alpha value is -4.43. The Balaban J connectivity index is 1.55. The molecule has 1 aliphatic heterocycles. The molecule has 1 heterocycles. The van der Waals surface area contributed by atoms with E-state index in [9.17, 15) is 14.9 Å². The van der Waals surface area contributed by atoms with Crippen LogP contribution in [0, 0.1) is 11.3 Å². The summed E-state index contributed by atoms with van der Waals surface area (Å²) >= 11 is 0. The molecule has 37 heavy (non-hydrogen) atoms. The number of hydrazine groups is 2. The van der Waals surface area contributed by atoms with Crippen molar-refractivity contribution in [2.24, 2.45) is 0 Å². The summed E-state index contributed by atoms with van der Waals surface area (Å²) in [6, 6.07) is 12.2. The normalized spacial score (nSPS) is 13.2. The van der Waals surface area contributed by atoms with E-state index in [1.54, 1.807) is 23.3 Å². The molecule has 11 heteroatoms. The highest BCUT2D eigenvalue weighted by molar-refractivity contribution is 5.98. The van der Waals surface area contributed by atoms with Gasteiger partial charge in [-0.05, 0) is 29.2 Å². The van der Waals surface area contributed by atoms with Crippen LogP contribution in [0.25, 0.3) is 0 Å². The summed E-state index contributed by atoms with van der Waals surface area (Å²) < 4.78 is 15.9. The number of amides is 2. The summed E-state index contributed by atoms with van der Waals surface area (Å²) in [6.45, 7) is 4.80. The van der Waals surface area contributed by atoms with Crippen molar-refractivity contribution in [3.05, 3.63) is 65.0 Å². The highest BCUT2D eigenvalue weighted by Gasteiger charge is 2.23. The van der Waals surface area contributed by atoms with Crippen LogP contribution in [0.5, 0.6) is 17.2 Å². The van der Waals surface area contributed by atoms with Crippen molar-refractivity contribution in [2.45, 2.75) is 25.8 Å². The minimum absolute atomic E-state index is 0.243. The van der Waals surface area contributed by atoms with E-state index in [4.69, 9.17) is 14.2 Å². The van der Waals surface area contributed by atoms with E-state index in [0.717, 1.165) is 5.56 Å². The molecule has 1 aliphatic rings. The lowest BCUT2D eigenvalue weighted by Gasteiger charge is -2.17. The molecule has 0 saturated carbocycles. The molecule has 0 spiro atoms. The van der Waals surface area contributed by atoms with Gasteiger partial charge in [-0.3, -0.25) is 20.0 Å². The largest absolute Gasteiger partial charge is 0.493 e. The van der Waals surface area contributed by atoms with E-state index in [-0.39, 0.29) is 23.9 Å². The molecule has 2 aromatic carbocycles. The maximum Gasteiger partial charge on any atom is 0.271 e. The molecule has 2 aromatic rings. The highest BCUT2D eigenvalue weighted by atomic mass is 16.5. The van der Waals surface area contributed by atoms with Crippen LogP contribution in [-0.4, -0.2) is 51.2 Å². The third-order valence-corrected chi connectivity index (χ3v) is 5.79. The summed E-state index contributed by atoms with van der Waals surface area (Å²) in [6.07, 6.45) is 1.56. The molecule has 0 fully saturated rings. The number of carbonyl (C=O) groups excluding carboxylic acids is 2. The average molecular weight is 509 g/mol. The lowest BCUT2D eigenvalue weighted by atomic mass is 9.99. The smallest absolute Gasteiger partial charge is 0.271 e. The second kappa shape index (κ2) is 12.5. The number of hydrogen-bond donors (Lipinski definition) is 4. The summed E-state index contributed by atoms with van der Waals surface area (Å²) in [5, 5.41) is 16.7. The molecule has 0 bridgehead atoms. The Morgan fingerprint density at radius 2 is 1.65 bits per heavy atom. The molecule has 3 rings (SSSR count). The molecule has 4 N–H and O–H groups in total. The molecule has 0 radical (unpaired) electrons. The molecule has 2 amide bonds. The van der Waals surface area contributed by atoms with Gasteiger partial charge in [-0.15, -0.1) is 5.53 Å². The van der Waals surface area contributed by atoms with Crippen molar-refractivity contribution in [2.75, 3.05) is 34.4 Å². The molecule has 1 unspecified atom stereocenters. The maximum atomic E-state index is 12.7. The number of ether oxygens (including phenoxy) is 3. The summed E-state index contributed by atoms with van der Waals surface area (Å²) in [5.41, 5.74) is 8.02. The predicted molar refractivity (Wildman–Crippen MR) is 137 cm³/mol. The van der Waals surface area contributed by atoms with Crippen molar-refractivity contribution in [1.29, 1.82) is 5.26 Å². The number of hydrogen-bond acceptors (Lipinski definition) is 9. The quantitative estimate of drug-likeness (QED) is 0.360. The van der Waals surface area contributed by atoms with Crippen LogP contribution in [0.3, 0.4) is 0 Å². The average Bonchev–Trinajstić information content (AvgIpc) is 3.39. The number of benzene rings is 2. The number of rotatable bonds is 11. The first-order chi connectivity index (χ1) is 17.8. The van der Waals surface area contributed by atoms with E-state index in [2.05, 4.69) is 41.5 Å². The van der Waals surface area contributed by atoms with Crippen LogP contribution >= 0.6 is 0 Å². The maximum absolute atomic E-state index is 12.7. The fourth-order valence-electron chi connectivity index (χ4n) is 3.73. The minimum Gasteiger partial charge on any atom is -0.493 e. The predicted octanol–water partition coefficient (Wildman–Crippen LogP) is 2.11. The number of nitriles is 1. The molecule has 1 atom stereocenters. The molecule has 0 aromatic heterocycles. The zero-order valence-corrected chi connectivity index (χ0v) is 21.5. The Morgan fingerprint density at radius 3 is 2.24 bits per heavy atom. The van der Waals surface area contributed by atoms with Crippen LogP contribution < -0.4 is 35.8 Å². The van der Waals surface area contributed by atoms with E-state index >= 15 is 0 Å². The van der Waals surface area contributed by atoms with Gasteiger partial charge < -0.3 is 24.8 Å². The van der Waals surface area contributed by atoms with Gasteiger partial charge in [-0.25, -0.2) is 0 Å². The topological polar surface area (TPSA) is 137 Å². The number of nitrogens with one attached hydrogen (secondary N) is 4. The van der Waals surface area contributed by atoms with Crippen molar-refractivity contribution in [1.82, 2.24) is 26.6 Å². The second-order valence-electron chi connectivity index (χ2n) is 8.47. The first-order valence-corrected chi connectivity index (χ1v) is 11.7. The first kappa shape index (κ1) is 27.2. The third-order valence-electron chi connectivity index (χ3n) is 5.79. The molecular weight excluding hydrogens is 476 g/mol. The number of carbonyl (C=O) groups is 2. The lowest BCUT2D eigenvalue weighted by molar-refractivity contribution is -0.118. The molecule has 11 nitrogen and oxygen atoms in total. The summed E-state index contributed by atoms with van der Waals surface area (Å²) in [4.78, 5) is 25.4. The van der Waals surface area contributed by atoms with Gasteiger partial charge in [-0.2, -0.15) is 5.26 Å². The van der Waals surface area contributed by atoms with Gasteiger partial charge in [0, 0.05) is 12.7 Å². The fourth-order valence-corrected chi connectivity index (χ4v) is 3.73. The van der Waals surface area contributed by atoms with E-state index < -0.39 is 11.9 Å². The van der Waals surface area contributed by atoms with Gasteiger partial charge in [0.05, 0.1) is 39.5 Å². The zero-order valence-electron chi connectivity index (χ0n) is 21.5. The first-order valence-electron chi connectivity index (χ1n) is 11.7. The van der Waals surface area contributed by atoms with Gasteiger partial charge in [-0.1, -0.05) is 38.1 Å². The van der Waals surface area contributed by atoms with Crippen molar-refractivity contribution < 1.29 is 23.8 Å². The molecule has 196 valence electrons. The van der Waals surface area contributed by atoms with E-state index in [0.29, 0.717) is 35.1 Å². The fraction of sp³-hybridized carbons (Fsp3) is 0.346. The zero-order chi connectivity index (χ0) is 26.9. The van der Waals surface area contributed by atoms with Gasteiger partial charge in [0.1, 0.15) is 11.7 Å². The van der Waals surface area contributed by atoms with Gasteiger partial charge >= 0.3 is 0 Å². The number of nitrogens with zero attached hydrogens (tertiary/aromatic N) is 2. The van der Waals surface area contributed by atoms with Crippen LogP contribution in [0.2, 0.25) is 0 Å². The van der Waals surface area contributed by atoms with Crippen molar-refractivity contribution >= 4 is 11.8 Å². The van der Waals surface area contributed by atoms with Gasteiger partial charge in [0.25, 0.3) is 11.8 Å². The Bertz CT molecular complexity index is 1190. The van der Waals surface area contributed by atoms with Crippen molar-refractivity contribution in [3.63, 3.8) is 0 Å². The Morgan fingerprint density at radius 1 is 0.973 bits per heavy atom. The molecular formula is C26H32N6O5.